The minimum Gasteiger partial charge on any atom is -0.485 e. The fourth-order valence-electron chi connectivity index (χ4n) is 3.04. The molecule has 184 valence electrons. The van der Waals surface area contributed by atoms with Crippen molar-refractivity contribution in [1.82, 2.24) is 9.97 Å². The van der Waals surface area contributed by atoms with Crippen LogP contribution in [0.4, 0.5) is 5.13 Å². The van der Waals surface area contributed by atoms with Crippen LogP contribution in [0.15, 0.2) is 58.0 Å². The van der Waals surface area contributed by atoms with Gasteiger partial charge in [0.15, 0.2) is 10.7 Å². The zero-order chi connectivity index (χ0) is 25.0. The minimum atomic E-state index is -3.97. The van der Waals surface area contributed by atoms with Crippen LogP contribution in [0, 0.1) is 6.92 Å². The van der Waals surface area contributed by atoms with E-state index in [1.807, 2.05) is 32.0 Å². The van der Waals surface area contributed by atoms with Crippen LogP contribution >= 0.6 is 11.3 Å². The number of aliphatic hydroxyl groups is 1. The van der Waals surface area contributed by atoms with Gasteiger partial charge in [0.25, 0.3) is 10.1 Å². The van der Waals surface area contributed by atoms with Crippen LogP contribution in [0.2, 0.25) is 0 Å². The molecule has 0 saturated carbocycles. The van der Waals surface area contributed by atoms with E-state index in [1.54, 1.807) is 53.9 Å². The average Bonchev–Trinajstić information content (AvgIpc) is 3.47. The number of aryl methyl sites for hydroxylation is 1. The Morgan fingerprint density at radius 1 is 1.17 bits per heavy atom. The molecule has 1 atom stereocenters. The largest absolute Gasteiger partial charge is 0.485 e. The van der Waals surface area contributed by atoms with Crippen molar-refractivity contribution in [2.75, 3.05) is 32.2 Å². The monoisotopic (exact) mass is 515 g/mol. The first-order valence-corrected chi connectivity index (χ1v) is 12.9. The molecule has 2 aromatic carbocycles. The molecule has 9 nitrogen and oxygen atoms in total. The number of nitrogens with zero attached hydrogens (tertiary/aromatic N) is 3. The van der Waals surface area contributed by atoms with E-state index < -0.39 is 22.8 Å². The molecule has 0 aliphatic carbocycles. The summed E-state index contributed by atoms with van der Waals surface area (Å²) < 4.78 is 41.4. The van der Waals surface area contributed by atoms with Crippen molar-refractivity contribution in [3.63, 3.8) is 0 Å². The van der Waals surface area contributed by atoms with E-state index >= 15 is 0 Å². The molecule has 2 aromatic heterocycles. The number of aromatic nitrogens is 2. The van der Waals surface area contributed by atoms with Gasteiger partial charge in [-0.3, -0.25) is 4.18 Å². The maximum absolute atomic E-state index is 12.4. The lowest BCUT2D eigenvalue weighted by molar-refractivity contribution is 0.0741. The highest BCUT2D eigenvalue weighted by Gasteiger charge is 2.19. The van der Waals surface area contributed by atoms with Crippen molar-refractivity contribution in [2.24, 2.45) is 0 Å². The number of hydrogen-bond acceptors (Lipinski definition) is 10. The number of rotatable bonds is 10. The molecule has 2 heterocycles. The van der Waals surface area contributed by atoms with Gasteiger partial charge in [0.05, 0.1) is 11.5 Å². The molecule has 4 aromatic rings. The van der Waals surface area contributed by atoms with Crippen molar-refractivity contribution < 1.29 is 26.9 Å². The number of anilines is 1. The van der Waals surface area contributed by atoms with Crippen LogP contribution in [0.5, 0.6) is 5.75 Å². The predicted molar refractivity (Wildman–Crippen MR) is 135 cm³/mol. The second kappa shape index (κ2) is 10.6. The van der Waals surface area contributed by atoms with Crippen LogP contribution < -0.4 is 9.64 Å². The Labute approximate surface area is 207 Å². The Morgan fingerprint density at radius 2 is 1.94 bits per heavy atom. The Hall–Kier alpha value is -3.25. The van der Waals surface area contributed by atoms with Gasteiger partial charge >= 0.3 is 0 Å². The van der Waals surface area contributed by atoms with Gasteiger partial charge in [0.2, 0.25) is 5.89 Å². The highest BCUT2D eigenvalue weighted by molar-refractivity contribution is 7.86. The maximum Gasteiger partial charge on any atom is 0.297 e. The molecule has 1 unspecified atom stereocenters. The third-order valence-electron chi connectivity index (χ3n) is 4.89. The standard InChI is InChI=1S/C24H25N3O6S2/c1-16-4-8-20(9-5-16)35(29,30)31-15-18(14-28)32-17-6-10-21-22(12-17)33-23(26-21)11-7-19-13-25-24(34-19)27(2)3/h4-13,18,28H,14-15H2,1-3H3/b11-7+. The average molecular weight is 516 g/mol. The first-order chi connectivity index (χ1) is 16.7. The summed E-state index contributed by atoms with van der Waals surface area (Å²) >= 11 is 1.54. The molecule has 35 heavy (non-hydrogen) atoms. The highest BCUT2D eigenvalue weighted by Crippen LogP contribution is 2.25. The summed E-state index contributed by atoms with van der Waals surface area (Å²) in [5.74, 6) is 0.806. The number of thiazole rings is 1. The number of ether oxygens (including phenoxy) is 1. The summed E-state index contributed by atoms with van der Waals surface area (Å²) in [7, 11) is -0.104. The van der Waals surface area contributed by atoms with E-state index in [1.165, 1.54) is 12.1 Å². The number of oxazole rings is 1. The molecule has 0 spiro atoms. The molecule has 0 bridgehead atoms. The van der Waals surface area contributed by atoms with Gasteiger partial charge < -0.3 is 19.2 Å². The van der Waals surface area contributed by atoms with Crippen molar-refractivity contribution in [3.8, 4) is 5.75 Å². The third-order valence-corrected chi connectivity index (χ3v) is 7.31. The van der Waals surface area contributed by atoms with Crippen molar-refractivity contribution in [1.29, 1.82) is 0 Å². The Bertz CT molecular complexity index is 1430. The third kappa shape index (κ3) is 6.25. The highest BCUT2D eigenvalue weighted by atomic mass is 32.2. The molecule has 1 N–H and O–H groups in total. The summed E-state index contributed by atoms with van der Waals surface area (Å²) in [4.78, 5) is 11.7. The smallest absolute Gasteiger partial charge is 0.297 e. The van der Waals surface area contributed by atoms with Gasteiger partial charge in [-0.2, -0.15) is 8.42 Å². The summed E-state index contributed by atoms with van der Waals surface area (Å²) in [5.41, 5.74) is 2.06. The molecule has 0 fully saturated rings. The molecular formula is C24H25N3O6S2. The number of aliphatic hydroxyl groups excluding tert-OH is 1. The summed E-state index contributed by atoms with van der Waals surface area (Å²) in [6.45, 7) is 1.08. The van der Waals surface area contributed by atoms with Crippen LogP contribution in [-0.4, -0.2) is 56.9 Å². The van der Waals surface area contributed by atoms with Crippen LogP contribution in [0.1, 0.15) is 16.3 Å². The van der Waals surface area contributed by atoms with E-state index in [0.29, 0.717) is 22.7 Å². The minimum absolute atomic E-state index is 0.0414. The maximum atomic E-state index is 12.4. The lowest BCUT2D eigenvalue weighted by Gasteiger charge is -2.17. The van der Waals surface area contributed by atoms with Gasteiger partial charge in [-0.25, -0.2) is 9.97 Å². The summed E-state index contributed by atoms with van der Waals surface area (Å²) in [6.07, 6.45) is 4.52. The van der Waals surface area contributed by atoms with Gasteiger partial charge in [0.1, 0.15) is 24.0 Å². The first-order valence-electron chi connectivity index (χ1n) is 10.7. The first kappa shape index (κ1) is 24.9. The Balaban J connectivity index is 1.41. The quantitative estimate of drug-likeness (QED) is 0.313. The topological polar surface area (TPSA) is 115 Å². The SMILES string of the molecule is Cc1ccc(S(=O)(=O)OCC(CO)Oc2ccc3nc(/C=C/c4cnc(N(C)C)s4)oc3c2)cc1. The second-order valence-electron chi connectivity index (χ2n) is 7.93. The fourth-order valence-corrected chi connectivity index (χ4v) is 4.71. The van der Waals surface area contributed by atoms with Gasteiger partial charge in [-0.05, 0) is 37.3 Å². The number of benzene rings is 2. The molecule has 0 aliphatic rings. The Kier molecular flexibility index (Phi) is 7.51. The van der Waals surface area contributed by atoms with Crippen LogP contribution in [0.25, 0.3) is 23.3 Å². The summed E-state index contributed by atoms with van der Waals surface area (Å²) in [6, 6.07) is 11.3. The van der Waals surface area contributed by atoms with Gasteiger partial charge in [0, 0.05) is 37.3 Å². The molecule has 4 rings (SSSR count). The van der Waals surface area contributed by atoms with Crippen molar-refractivity contribution in [3.05, 3.63) is 65.0 Å². The molecule has 11 heteroatoms. The number of fused-ring (bicyclic) bond motifs is 1. The Morgan fingerprint density at radius 3 is 2.63 bits per heavy atom. The van der Waals surface area contributed by atoms with E-state index in [0.717, 1.165) is 15.6 Å². The van der Waals surface area contributed by atoms with E-state index in [2.05, 4.69) is 9.97 Å². The van der Waals surface area contributed by atoms with Crippen molar-refractivity contribution in [2.45, 2.75) is 17.9 Å². The normalized spacial score (nSPS) is 12.9. The van der Waals surface area contributed by atoms with E-state index in [4.69, 9.17) is 13.3 Å². The molecular weight excluding hydrogens is 490 g/mol. The lowest BCUT2D eigenvalue weighted by Crippen LogP contribution is -2.28. The van der Waals surface area contributed by atoms with E-state index in [-0.39, 0.29) is 11.5 Å². The molecule has 0 amide bonds. The summed E-state index contributed by atoms with van der Waals surface area (Å²) in [5, 5.41) is 10.6. The molecule has 0 saturated heterocycles. The fraction of sp³-hybridized carbons (Fsp3) is 0.250. The van der Waals surface area contributed by atoms with Crippen LogP contribution in [0.3, 0.4) is 0 Å². The number of hydrogen-bond donors (Lipinski definition) is 1. The molecule has 0 aliphatic heterocycles. The van der Waals surface area contributed by atoms with Crippen LogP contribution in [-0.2, 0) is 14.3 Å². The molecule has 0 radical (unpaired) electrons. The predicted octanol–water partition coefficient (Wildman–Crippen LogP) is 3.97. The van der Waals surface area contributed by atoms with E-state index in [9.17, 15) is 13.5 Å². The van der Waals surface area contributed by atoms with Crippen molar-refractivity contribution >= 4 is 49.8 Å². The van der Waals surface area contributed by atoms with Gasteiger partial charge in [-0.1, -0.05) is 29.0 Å². The second-order valence-corrected chi connectivity index (χ2v) is 10.6. The van der Waals surface area contributed by atoms with Gasteiger partial charge in [-0.15, -0.1) is 0 Å². The zero-order valence-corrected chi connectivity index (χ0v) is 21.0. The zero-order valence-electron chi connectivity index (χ0n) is 19.4. The lowest BCUT2D eigenvalue weighted by atomic mass is 10.2.